The lowest BCUT2D eigenvalue weighted by atomic mass is 9.95. The molecule has 1 fully saturated rings. The van der Waals surface area contributed by atoms with E-state index in [1.165, 1.54) is 35.5 Å². The van der Waals surface area contributed by atoms with E-state index in [2.05, 4.69) is 20.9 Å². The maximum Gasteiger partial charge on any atom is 0.300 e. The van der Waals surface area contributed by atoms with Crippen LogP contribution in [0.15, 0.2) is 83.1 Å². The highest BCUT2D eigenvalue weighted by Gasteiger charge is 2.47. The molecule has 154 valence electrons. The molecule has 0 saturated carbocycles. The van der Waals surface area contributed by atoms with Gasteiger partial charge < -0.3 is 5.11 Å². The van der Waals surface area contributed by atoms with Crippen molar-refractivity contribution in [3.63, 3.8) is 0 Å². The molecule has 8 nitrogen and oxygen atoms in total. The van der Waals surface area contributed by atoms with Crippen LogP contribution in [0.2, 0.25) is 0 Å². The van der Waals surface area contributed by atoms with E-state index in [9.17, 15) is 24.8 Å². The van der Waals surface area contributed by atoms with E-state index in [4.69, 9.17) is 0 Å². The Labute approximate surface area is 184 Å². The van der Waals surface area contributed by atoms with Crippen molar-refractivity contribution >= 4 is 44.8 Å². The number of nitro groups is 1. The van der Waals surface area contributed by atoms with Gasteiger partial charge in [0.05, 0.1) is 28.4 Å². The minimum atomic E-state index is -1.06. The molecule has 0 radical (unpaired) electrons. The zero-order valence-electron chi connectivity index (χ0n) is 15.8. The summed E-state index contributed by atoms with van der Waals surface area (Å²) in [5.74, 6) is -2.11. The van der Waals surface area contributed by atoms with Crippen LogP contribution in [-0.4, -0.2) is 26.7 Å². The second kappa shape index (κ2) is 8.11. The number of nitrogens with zero attached hydrogens (tertiary/aromatic N) is 3. The van der Waals surface area contributed by atoms with Crippen molar-refractivity contribution in [3.05, 3.63) is 104 Å². The molecule has 0 spiro atoms. The largest absolute Gasteiger partial charge is 0.507 e. The summed E-state index contributed by atoms with van der Waals surface area (Å²) in [7, 11) is 0. The quantitative estimate of drug-likeness (QED) is 0.195. The minimum Gasteiger partial charge on any atom is -0.507 e. The molecule has 0 aliphatic carbocycles. The molecule has 1 aliphatic rings. The number of Topliss-reactive ketones (excluding diaryl/α,β-unsaturated/α-hetero) is 1. The summed E-state index contributed by atoms with van der Waals surface area (Å²) in [6.45, 7) is 0. The number of amides is 1. The van der Waals surface area contributed by atoms with Gasteiger partial charge in [0.15, 0.2) is 0 Å². The number of anilines is 1. The van der Waals surface area contributed by atoms with Gasteiger partial charge in [-0.15, -0.1) is 0 Å². The highest BCUT2D eigenvalue weighted by molar-refractivity contribution is 9.10. The van der Waals surface area contributed by atoms with Crippen LogP contribution in [0.3, 0.4) is 0 Å². The van der Waals surface area contributed by atoms with Crippen molar-refractivity contribution in [3.8, 4) is 0 Å². The van der Waals surface area contributed by atoms with E-state index < -0.39 is 22.7 Å². The minimum absolute atomic E-state index is 0.156. The van der Waals surface area contributed by atoms with Crippen molar-refractivity contribution in [2.45, 2.75) is 6.04 Å². The molecule has 0 bridgehead atoms. The van der Waals surface area contributed by atoms with E-state index in [-0.39, 0.29) is 17.0 Å². The molecule has 1 N–H and O–H groups in total. The number of halogens is 1. The normalized spacial score (nSPS) is 17.7. The fourth-order valence-corrected chi connectivity index (χ4v) is 3.75. The van der Waals surface area contributed by atoms with Crippen LogP contribution in [-0.2, 0) is 9.59 Å². The van der Waals surface area contributed by atoms with Crippen LogP contribution < -0.4 is 4.90 Å². The first-order chi connectivity index (χ1) is 14.9. The Hall–Kier alpha value is -3.85. The van der Waals surface area contributed by atoms with Gasteiger partial charge in [-0.2, -0.15) is 0 Å². The van der Waals surface area contributed by atoms with Crippen molar-refractivity contribution in [2.24, 2.45) is 0 Å². The third-order valence-corrected chi connectivity index (χ3v) is 5.41. The van der Waals surface area contributed by atoms with E-state index in [1.807, 2.05) is 0 Å². The molecule has 4 rings (SSSR count). The second-order valence-electron chi connectivity index (χ2n) is 6.74. The number of rotatable bonds is 4. The SMILES string of the molecule is O=C1C(=O)N(c2cccnc2)C(c2cccc([N+](=O)[O-])c2)/C1=C(\O)c1ccc(Br)cc1. The summed E-state index contributed by atoms with van der Waals surface area (Å²) < 4.78 is 0.773. The number of carbonyl (C=O) groups excluding carboxylic acids is 2. The van der Waals surface area contributed by atoms with Crippen LogP contribution in [0.1, 0.15) is 17.2 Å². The standard InChI is InChI=1S/C22H14BrN3O5/c23-15-8-6-13(7-9-15)20(27)18-19(14-3-1-4-16(11-14)26(30)31)25(22(29)21(18)28)17-5-2-10-24-12-17/h1-12,19,27H/b20-18+. The molecule has 1 aromatic heterocycles. The van der Waals surface area contributed by atoms with E-state index in [1.54, 1.807) is 42.5 Å². The Bertz CT molecular complexity index is 1230. The van der Waals surface area contributed by atoms with Crippen molar-refractivity contribution < 1.29 is 19.6 Å². The summed E-state index contributed by atoms with van der Waals surface area (Å²) >= 11 is 3.31. The summed E-state index contributed by atoms with van der Waals surface area (Å²) in [6.07, 6.45) is 2.93. The van der Waals surface area contributed by atoms with Crippen molar-refractivity contribution in [2.75, 3.05) is 4.90 Å². The number of nitro benzene ring substituents is 1. The van der Waals surface area contributed by atoms with E-state index in [0.29, 0.717) is 16.8 Å². The van der Waals surface area contributed by atoms with Gasteiger partial charge in [-0.3, -0.25) is 29.6 Å². The Balaban J connectivity index is 1.96. The molecule has 2 heterocycles. The maximum atomic E-state index is 13.0. The van der Waals surface area contributed by atoms with Crippen LogP contribution in [0.25, 0.3) is 5.76 Å². The molecular formula is C22H14BrN3O5. The van der Waals surface area contributed by atoms with Gasteiger partial charge in [0.2, 0.25) is 0 Å². The van der Waals surface area contributed by atoms with Crippen LogP contribution in [0.4, 0.5) is 11.4 Å². The highest BCUT2D eigenvalue weighted by atomic mass is 79.9. The zero-order valence-corrected chi connectivity index (χ0v) is 17.4. The fourth-order valence-electron chi connectivity index (χ4n) is 3.48. The van der Waals surface area contributed by atoms with E-state index >= 15 is 0 Å². The Kier molecular flexibility index (Phi) is 5.35. The number of pyridine rings is 1. The highest BCUT2D eigenvalue weighted by Crippen LogP contribution is 2.42. The molecular weight excluding hydrogens is 466 g/mol. The first kappa shape index (κ1) is 20.4. The van der Waals surface area contributed by atoms with Crippen LogP contribution >= 0.6 is 15.9 Å². The molecule has 2 aromatic carbocycles. The summed E-state index contributed by atoms with van der Waals surface area (Å²) in [4.78, 5) is 41.9. The van der Waals surface area contributed by atoms with Gasteiger partial charge in [0.1, 0.15) is 5.76 Å². The van der Waals surface area contributed by atoms with Gasteiger partial charge in [-0.05, 0) is 29.8 Å². The third kappa shape index (κ3) is 3.71. The summed E-state index contributed by atoms with van der Waals surface area (Å²) in [5.41, 5.74) is 0.629. The van der Waals surface area contributed by atoms with Crippen molar-refractivity contribution in [1.29, 1.82) is 0 Å². The molecule has 3 aromatic rings. The third-order valence-electron chi connectivity index (χ3n) is 4.88. The van der Waals surface area contributed by atoms with Crippen molar-refractivity contribution in [1.82, 2.24) is 4.98 Å². The summed E-state index contributed by atoms with van der Waals surface area (Å²) in [6, 6.07) is 14.4. The topological polar surface area (TPSA) is 114 Å². The zero-order chi connectivity index (χ0) is 22.1. The van der Waals surface area contributed by atoms with E-state index in [0.717, 1.165) is 4.47 Å². The predicted molar refractivity (Wildman–Crippen MR) is 116 cm³/mol. The van der Waals surface area contributed by atoms with Gasteiger partial charge in [-0.1, -0.05) is 40.2 Å². The van der Waals surface area contributed by atoms with Gasteiger partial charge >= 0.3 is 0 Å². The number of benzene rings is 2. The number of aromatic nitrogens is 1. The van der Waals surface area contributed by atoms with Gasteiger partial charge in [-0.25, -0.2) is 0 Å². The fraction of sp³-hybridized carbons (Fsp3) is 0.0455. The smallest absolute Gasteiger partial charge is 0.300 e. The Morgan fingerprint density at radius 3 is 2.48 bits per heavy atom. The first-order valence-electron chi connectivity index (χ1n) is 9.10. The number of carbonyl (C=O) groups is 2. The molecule has 9 heteroatoms. The predicted octanol–water partition coefficient (Wildman–Crippen LogP) is 4.38. The number of non-ortho nitro benzene ring substituents is 1. The Morgan fingerprint density at radius 1 is 1.10 bits per heavy atom. The molecule has 1 saturated heterocycles. The number of hydrogen-bond donors (Lipinski definition) is 1. The number of hydrogen-bond acceptors (Lipinski definition) is 6. The number of ketones is 1. The number of aliphatic hydroxyl groups excluding tert-OH is 1. The first-order valence-corrected chi connectivity index (χ1v) is 9.89. The lowest BCUT2D eigenvalue weighted by Gasteiger charge is -2.25. The van der Waals surface area contributed by atoms with Gasteiger partial charge in [0.25, 0.3) is 17.4 Å². The lowest BCUT2D eigenvalue weighted by molar-refractivity contribution is -0.384. The molecule has 31 heavy (non-hydrogen) atoms. The number of aliphatic hydroxyl groups is 1. The Morgan fingerprint density at radius 2 is 1.84 bits per heavy atom. The lowest BCUT2D eigenvalue weighted by Crippen LogP contribution is -2.29. The molecule has 1 atom stereocenters. The maximum absolute atomic E-state index is 13.0. The molecule has 1 aliphatic heterocycles. The monoisotopic (exact) mass is 479 g/mol. The van der Waals surface area contributed by atoms with Crippen LogP contribution in [0.5, 0.6) is 0 Å². The average Bonchev–Trinajstić information content (AvgIpc) is 3.05. The average molecular weight is 480 g/mol. The molecule has 1 amide bonds. The van der Waals surface area contributed by atoms with Crippen LogP contribution in [0, 0.1) is 10.1 Å². The van der Waals surface area contributed by atoms with Gasteiger partial charge in [0, 0.05) is 28.4 Å². The summed E-state index contributed by atoms with van der Waals surface area (Å²) in [5, 5.41) is 22.3. The second-order valence-corrected chi connectivity index (χ2v) is 7.65. The molecule has 1 unspecified atom stereocenters.